The van der Waals surface area contributed by atoms with Gasteiger partial charge in [-0.2, -0.15) is 0 Å². The Hall–Kier alpha value is -0.920. The minimum absolute atomic E-state index is 0.0104. The van der Waals surface area contributed by atoms with E-state index >= 15 is 0 Å². The summed E-state index contributed by atoms with van der Waals surface area (Å²) in [4.78, 5) is 23.7. The number of hydrogen-bond acceptors (Lipinski definition) is 2. The first-order valence-electron chi connectivity index (χ1n) is 5.79. The van der Waals surface area contributed by atoms with E-state index in [0.717, 1.165) is 12.8 Å². The Balaban J connectivity index is 2.10. The van der Waals surface area contributed by atoms with Crippen LogP contribution in [0.25, 0.3) is 0 Å². The first kappa shape index (κ1) is 9.32. The molecule has 0 aliphatic heterocycles. The predicted molar refractivity (Wildman–Crippen MR) is 56.1 cm³/mol. The van der Waals surface area contributed by atoms with Gasteiger partial charge in [0.25, 0.3) is 0 Å². The van der Waals surface area contributed by atoms with Gasteiger partial charge < -0.3 is 0 Å². The molecule has 3 rings (SSSR count). The maximum atomic E-state index is 11.9. The van der Waals surface area contributed by atoms with Gasteiger partial charge in [-0.15, -0.1) is 0 Å². The molecule has 80 valence electrons. The molecule has 0 heterocycles. The highest BCUT2D eigenvalue weighted by molar-refractivity contribution is 6.08. The lowest BCUT2D eigenvalue weighted by molar-refractivity contribution is -0.131. The molecule has 0 aromatic carbocycles. The molecule has 0 spiro atoms. The zero-order valence-electron chi connectivity index (χ0n) is 9.19. The monoisotopic (exact) mass is 204 g/mol. The summed E-state index contributed by atoms with van der Waals surface area (Å²) in [5, 5.41) is 0. The van der Waals surface area contributed by atoms with Crippen LogP contribution < -0.4 is 0 Å². The van der Waals surface area contributed by atoms with E-state index in [1.54, 1.807) is 0 Å². The van der Waals surface area contributed by atoms with Gasteiger partial charge in [-0.25, -0.2) is 0 Å². The summed E-state index contributed by atoms with van der Waals surface area (Å²) in [5.74, 6) is 1.29. The van der Waals surface area contributed by atoms with E-state index in [1.807, 2.05) is 0 Å². The fourth-order valence-corrected chi connectivity index (χ4v) is 4.30. The Bertz CT molecular complexity index is 344. The molecule has 4 atom stereocenters. The van der Waals surface area contributed by atoms with E-state index in [-0.39, 0.29) is 28.8 Å². The first-order valence-corrected chi connectivity index (χ1v) is 5.79. The van der Waals surface area contributed by atoms with Crippen LogP contribution in [0.15, 0.2) is 12.2 Å². The second-order valence-electron chi connectivity index (χ2n) is 5.80. The molecule has 15 heavy (non-hydrogen) atoms. The first-order chi connectivity index (χ1) is 7.03. The van der Waals surface area contributed by atoms with Crippen molar-refractivity contribution in [3.63, 3.8) is 0 Å². The minimum atomic E-state index is 0.0104. The van der Waals surface area contributed by atoms with Gasteiger partial charge in [0.1, 0.15) is 0 Å². The molecule has 0 radical (unpaired) electrons. The molecule has 0 amide bonds. The molecule has 0 N–H and O–H groups in total. The van der Waals surface area contributed by atoms with Gasteiger partial charge in [-0.05, 0) is 42.2 Å². The van der Waals surface area contributed by atoms with Crippen LogP contribution in [0.3, 0.4) is 0 Å². The molecule has 2 fully saturated rings. The molecular formula is C13H16O2. The normalized spacial score (nSPS) is 46.0. The summed E-state index contributed by atoms with van der Waals surface area (Å²) in [5.41, 5.74) is 0.187. The highest BCUT2D eigenvalue weighted by Gasteiger charge is 2.62. The van der Waals surface area contributed by atoms with Crippen molar-refractivity contribution < 1.29 is 9.59 Å². The highest BCUT2D eigenvalue weighted by atomic mass is 16.1. The van der Waals surface area contributed by atoms with Crippen molar-refractivity contribution in [3.8, 4) is 0 Å². The SMILES string of the molecule is CC1(C)[C@@H]2CC[C@H]1[C@@H]1C(=O)C=CC(=O)[C@@H]12. The van der Waals surface area contributed by atoms with Crippen molar-refractivity contribution in [2.45, 2.75) is 26.7 Å². The lowest BCUT2D eigenvalue weighted by Crippen LogP contribution is -2.36. The molecule has 0 saturated heterocycles. The Labute approximate surface area is 89.7 Å². The van der Waals surface area contributed by atoms with Crippen molar-refractivity contribution in [2.75, 3.05) is 0 Å². The Kier molecular flexibility index (Phi) is 1.62. The molecule has 2 bridgehead atoms. The van der Waals surface area contributed by atoms with Crippen LogP contribution in [-0.4, -0.2) is 11.6 Å². The van der Waals surface area contributed by atoms with Gasteiger partial charge in [0.15, 0.2) is 11.6 Å². The second kappa shape index (κ2) is 2.60. The minimum Gasteiger partial charge on any atom is -0.295 e. The van der Waals surface area contributed by atoms with Crippen molar-refractivity contribution in [2.24, 2.45) is 29.1 Å². The molecule has 3 aliphatic carbocycles. The average molecular weight is 204 g/mol. The molecular weight excluding hydrogens is 188 g/mol. The summed E-state index contributed by atoms with van der Waals surface area (Å²) in [6.45, 7) is 4.46. The zero-order chi connectivity index (χ0) is 10.8. The van der Waals surface area contributed by atoms with Crippen molar-refractivity contribution in [1.82, 2.24) is 0 Å². The van der Waals surface area contributed by atoms with E-state index in [1.165, 1.54) is 12.2 Å². The van der Waals surface area contributed by atoms with E-state index < -0.39 is 0 Å². The van der Waals surface area contributed by atoms with Crippen LogP contribution in [-0.2, 0) is 9.59 Å². The lowest BCUT2D eigenvalue weighted by Gasteiger charge is -2.29. The van der Waals surface area contributed by atoms with Crippen molar-refractivity contribution >= 4 is 11.6 Å². The number of allylic oxidation sites excluding steroid dienone is 2. The van der Waals surface area contributed by atoms with Crippen LogP contribution >= 0.6 is 0 Å². The van der Waals surface area contributed by atoms with Crippen LogP contribution in [0, 0.1) is 29.1 Å². The summed E-state index contributed by atoms with van der Waals surface area (Å²) >= 11 is 0. The lowest BCUT2D eigenvalue weighted by atomic mass is 9.72. The third-order valence-corrected chi connectivity index (χ3v) is 5.02. The van der Waals surface area contributed by atoms with Crippen LogP contribution in [0.4, 0.5) is 0 Å². The zero-order valence-corrected chi connectivity index (χ0v) is 9.19. The number of fused-ring (bicyclic) bond motifs is 5. The van der Waals surface area contributed by atoms with E-state index in [2.05, 4.69) is 13.8 Å². The fourth-order valence-electron chi connectivity index (χ4n) is 4.30. The summed E-state index contributed by atoms with van der Waals surface area (Å²) in [7, 11) is 0. The van der Waals surface area contributed by atoms with Crippen LogP contribution in [0.1, 0.15) is 26.7 Å². The average Bonchev–Trinajstić information content (AvgIpc) is 2.60. The largest absolute Gasteiger partial charge is 0.295 e. The topological polar surface area (TPSA) is 34.1 Å². The van der Waals surface area contributed by atoms with Gasteiger partial charge in [-0.1, -0.05) is 13.8 Å². The van der Waals surface area contributed by atoms with Crippen molar-refractivity contribution in [3.05, 3.63) is 12.2 Å². The summed E-state index contributed by atoms with van der Waals surface area (Å²) in [6.07, 6.45) is 5.26. The number of carbonyl (C=O) groups excluding carboxylic acids is 2. The van der Waals surface area contributed by atoms with E-state index in [9.17, 15) is 9.59 Å². The standard InChI is InChI=1S/C13H16O2/c1-13(2)7-3-4-8(13)12-10(15)6-5-9(14)11(7)12/h5-8,11-12H,3-4H2,1-2H3/t7-,8+,11+,12-. The van der Waals surface area contributed by atoms with E-state index in [0.29, 0.717) is 11.8 Å². The van der Waals surface area contributed by atoms with Crippen molar-refractivity contribution in [1.29, 1.82) is 0 Å². The highest BCUT2D eigenvalue weighted by Crippen LogP contribution is 2.64. The van der Waals surface area contributed by atoms with Gasteiger partial charge in [0.05, 0.1) is 0 Å². The number of ketones is 2. The van der Waals surface area contributed by atoms with Gasteiger partial charge >= 0.3 is 0 Å². The summed E-state index contributed by atoms with van der Waals surface area (Å²) < 4.78 is 0. The molecule has 2 nitrogen and oxygen atoms in total. The molecule has 2 saturated carbocycles. The molecule has 0 unspecified atom stereocenters. The Morgan fingerprint density at radius 1 is 1.00 bits per heavy atom. The van der Waals surface area contributed by atoms with Gasteiger partial charge in [0, 0.05) is 11.8 Å². The maximum Gasteiger partial charge on any atom is 0.159 e. The third kappa shape index (κ3) is 0.952. The third-order valence-electron chi connectivity index (χ3n) is 5.02. The maximum absolute atomic E-state index is 11.9. The van der Waals surface area contributed by atoms with Gasteiger partial charge in [-0.3, -0.25) is 9.59 Å². The quantitative estimate of drug-likeness (QED) is 0.604. The smallest absolute Gasteiger partial charge is 0.159 e. The molecule has 0 aromatic heterocycles. The Morgan fingerprint density at radius 3 is 1.80 bits per heavy atom. The molecule has 3 aliphatic rings. The van der Waals surface area contributed by atoms with E-state index in [4.69, 9.17) is 0 Å². The number of rotatable bonds is 0. The number of hydrogen-bond donors (Lipinski definition) is 0. The van der Waals surface area contributed by atoms with Gasteiger partial charge in [0.2, 0.25) is 0 Å². The molecule has 0 aromatic rings. The second-order valence-corrected chi connectivity index (χ2v) is 5.80. The van der Waals surface area contributed by atoms with Crippen LogP contribution in [0.2, 0.25) is 0 Å². The summed E-state index contributed by atoms with van der Waals surface area (Å²) in [6, 6.07) is 0. The van der Waals surface area contributed by atoms with Crippen LogP contribution in [0.5, 0.6) is 0 Å². The number of carbonyl (C=O) groups is 2. The molecule has 2 heteroatoms. The fraction of sp³-hybridized carbons (Fsp3) is 0.692. The Morgan fingerprint density at radius 2 is 1.40 bits per heavy atom. The predicted octanol–water partition coefficient (Wildman–Crippen LogP) is 1.99.